The molecule has 0 aromatic heterocycles. The average molecular weight is 465 g/mol. The van der Waals surface area contributed by atoms with Crippen molar-refractivity contribution in [3.8, 4) is 5.75 Å². The summed E-state index contributed by atoms with van der Waals surface area (Å²) in [6, 6.07) is 2.03. The summed E-state index contributed by atoms with van der Waals surface area (Å²) in [6.07, 6.45) is 0.601. The van der Waals surface area contributed by atoms with E-state index in [-0.39, 0.29) is 24.0 Å². The van der Waals surface area contributed by atoms with Crippen molar-refractivity contribution >= 4 is 23.7 Å². The smallest absolute Gasteiger partial charge is 0.326 e. The maximum Gasteiger partial charge on any atom is 0.326 e. The second-order valence-electron chi connectivity index (χ2n) is 8.64. The van der Waals surface area contributed by atoms with Gasteiger partial charge in [0, 0.05) is 6.42 Å². The quantitative estimate of drug-likeness (QED) is 0.262. The van der Waals surface area contributed by atoms with Crippen LogP contribution in [0.5, 0.6) is 5.75 Å². The van der Waals surface area contributed by atoms with Crippen LogP contribution in [0.1, 0.15) is 46.6 Å². The number of amides is 3. The maximum atomic E-state index is 12.8. The van der Waals surface area contributed by atoms with Gasteiger partial charge in [-0.05, 0) is 36.5 Å². The molecular weight excluding hydrogens is 428 g/mol. The Bertz CT molecular complexity index is 827. The van der Waals surface area contributed by atoms with Gasteiger partial charge in [0.25, 0.3) is 0 Å². The number of carboxylic acids is 1. The molecule has 184 valence electrons. The molecule has 0 aliphatic rings. The lowest BCUT2D eigenvalue weighted by Crippen LogP contribution is -2.58. The first kappa shape index (κ1) is 27.9. The van der Waals surface area contributed by atoms with E-state index in [0.29, 0.717) is 12.0 Å². The molecule has 1 aromatic rings. The Morgan fingerprint density at radius 2 is 1.48 bits per heavy atom. The van der Waals surface area contributed by atoms with Crippen molar-refractivity contribution in [2.45, 2.75) is 71.6 Å². The third kappa shape index (κ3) is 8.72. The van der Waals surface area contributed by atoms with Crippen LogP contribution in [0.15, 0.2) is 24.3 Å². The van der Waals surface area contributed by atoms with Crippen LogP contribution in [0.3, 0.4) is 0 Å². The normalized spacial score (nSPS) is 15.6. The van der Waals surface area contributed by atoms with Crippen molar-refractivity contribution in [3.05, 3.63) is 29.8 Å². The average Bonchev–Trinajstić information content (AvgIpc) is 2.76. The number of carboxylic acid groups (broad SMARTS) is 1. The number of rotatable bonds is 12. The molecule has 0 aliphatic carbocycles. The lowest BCUT2D eigenvalue weighted by molar-refractivity contribution is -0.142. The number of hydrogen-bond acceptors (Lipinski definition) is 6. The van der Waals surface area contributed by atoms with E-state index in [1.807, 2.05) is 6.92 Å². The van der Waals surface area contributed by atoms with Gasteiger partial charge in [0.05, 0.1) is 6.04 Å². The molecule has 7 N–H and O–H groups in total. The molecule has 3 amide bonds. The summed E-state index contributed by atoms with van der Waals surface area (Å²) < 4.78 is 0. The Labute approximate surface area is 194 Å². The van der Waals surface area contributed by atoms with Crippen molar-refractivity contribution < 1.29 is 29.4 Å². The fourth-order valence-corrected chi connectivity index (χ4v) is 2.99. The number of carbonyl (C=O) groups is 4. The van der Waals surface area contributed by atoms with E-state index in [4.69, 9.17) is 5.73 Å². The molecule has 5 unspecified atom stereocenters. The highest BCUT2D eigenvalue weighted by atomic mass is 16.4. The zero-order valence-electron chi connectivity index (χ0n) is 19.8. The van der Waals surface area contributed by atoms with Crippen LogP contribution in [0, 0.1) is 11.8 Å². The number of carbonyl (C=O) groups excluding carboxylic acids is 3. The van der Waals surface area contributed by atoms with E-state index in [2.05, 4.69) is 16.0 Å². The molecule has 10 heteroatoms. The van der Waals surface area contributed by atoms with E-state index in [0.717, 1.165) is 0 Å². The lowest BCUT2D eigenvalue weighted by Gasteiger charge is -2.27. The van der Waals surface area contributed by atoms with Gasteiger partial charge in [-0.15, -0.1) is 0 Å². The molecule has 0 aliphatic heterocycles. The minimum absolute atomic E-state index is 0.000656. The SMILES string of the molecule is CCC(C)C(NC(=O)C(N)C(C)C)C(=O)NC(C)C(=O)NC(Cc1ccc(O)cc1)C(=O)O. The number of nitrogens with one attached hydrogen (secondary N) is 3. The van der Waals surface area contributed by atoms with Gasteiger partial charge in [-0.1, -0.05) is 46.2 Å². The third-order valence-corrected chi connectivity index (χ3v) is 5.56. The summed E-state index contributed by atoms with van der Waals surface area (Å²) in [5, 5.41) is 26.5. The lowest BCUT2D eigenvalue weighted by atomic mass is 9.96. The Kier molecular flexibility index (Phi) is 10.8. The number of hydrogen-bond donors (Lipinski definition) is 6. The molecule has 5 atom stereocenters. The zero-order chi connectivity index (χ0) is 25.3. The highest BCUT2D eigenvalue weighted by Gasteiger charge is 2.31. The van der Waals surface area contributed by atoms with Crippen LogP contribution in [0.2, 0.25) is 0 Å². The summed E-state index contributed by atoms with van der Waals surface area (Å²) in [5.74, 6) is -3.21. The van der Waals surface area contributed by atoms with Crippen LogP contribution in [-0.4, -0.2) is 58.1 Å². The fourth-order valence-electron chi connectivity index (χ4n) is 2.99. The van der Waals surface area contributed by atoms with Crippen LogP contribution < -0.4 is 21.7 Å². The molecule has 1 rings (SSSR count). The van der Waals surface area contributed by atoms with Crippen LogP contribution in [0.4, 0.5) is 0 Å². The Hall–Kier alpha value is -3.14. The van der Waals surface area contributed by atoms with Gasteiger partial charge in [-0.25, -0.2) is 4.79 Å². The van der Waals surface area contributed by atoms with E-state index in [1.54, 1.807) is 32.9 Å². The number of nitrogens with two attached hydrogens (primary N) is 1. The first-order valence-electron chi connectivity index (χ1n) is 11.0. The predicted octanol–water partition coefficient (Wildman–Crippen LogP) is 0.523. The second kappa shape index (κ2) is 12.8. The van der Waals surface area contributed by atoms with Gasteiger partial charge in [0.2, 0.25) is 17.7 Å². The first-order valence-corrected chi connectivity index (χ1v) is 11.0. The number of phenols is 1. The molecular formula is C23H36N4O6. The van der Waals surface area contributed by atoms with Gasteiger partial charge < -0.3 is 31.9 Å². The van der Waals surface area contributed by atoms with Gasteiger partial charge >= 0.3 is 5.97 Å². The molecule has 1 aromatic carbocycles. The standard InChI is InChI=1S/C23H36N4O6/c1-6-13(4)19(27-21(30)18(24)12(2)3)22(31)25-14(5)20(29)26-17(23(32)33)11-15-7-9-16(28)10-8-15/h7-10,12-14,17-19,28H,6,11,24H2,1-5H3,(H,25,31)(H,26,29)(H,27,30)(H,32,33). The Morgan fingerprint density at radius 1 is 0.909 bits per heavy atom. The third-order valence-electron chi connectivity index (χ3n) is 5.56. The maximum absolute atomic E-state index is 12.8. The van der Waals surface area contributed by atoms with Crippen molar-refractivity contribution in [2.24, 2.45) is 17.6 Å². The number of phenolic OH excluding ortho intramolecular Hbond substituents is 1. The van der Waals surface area contributed by atoms with Crippen LogP contribution in [0.25, 0.3) is 0 Å². The minimum atomic E-state index is -1.23. The van der Waals surface area contributed by atoms with Crippen molar-refractivity contribution in [1.82, 2.24) is 16.0 Å². The minimum Gasteiger partial charge on any atom is -0.508 e. The van der Waals surface area contributed by atoms with Crippen LogP contribution >= 0.6 is 0 Å². The Morgan fingerprint density at radius 3 is 1.97 bits per heavy atom. The van der Waals surface area contributed by atoms with Gasteiger partial charge in [-0.2, -0.15) is 0 Å². The van der Waals surface area contributed by atoms with E-state index >= 15 is 0 Å². The molecule has 0 heterocycles. The van der Waals surface area contributed by atoms with E-state index in [9.17, 15) is 29.4 Å². The van der Waals surface area contributed by atoms with Crippen molar-refractivity contribution in [2.75, 3.05) is 0 Å². The zero-order valence-corrected chi connectivity index (χ0v) is 19.8. The summed E-state index contributed by atoms with van der Waals surface area (Å²) >= 11 is 0. The van der Waals surface area contributed by atoms with Crippen molar-refractivity contribution in [3.63, 3.8) is 0 Å². The fraction of sp³-hybridized carbons (Fsp3) is 0.565. The molecule has 0 bridgehead atoms. The number of aromatic hydroxyl groups is 1. The molecule has 0 saturated carbocycles. The monoisotopic (exact) mass is 464 g/mol. The largest absolute Gasteiger partial charge is 0.508 e. The summed E-state index contributed by atoms with van der Waals surface area (Å²) in [5.41, 5.74) is 6.49. The second-order valence-corrected chi connectivity index (χ2v) is 8.64. The van der Waals surface area contributed by atoms with E-state index < -0.39 is 47.9 Å². The molecule has 0 radical (unpaired) electrons. The Balaban J connectivity index is 2.82. The molecule has 33 heavy (non-hydrogen) atoms. The van der Waals surface area contributed by atoms with Gasteiger partial charge in [0.1, 0.15) is 23.9 Å². The number of benzene rings is 1. The van der Waals surface area contributed by atoms with Gasteiger partial charge in [-0.3, -0.25) is 14.4 Å². The first-order chi connectivity index (χ1) is 15.4. The molecule has 0 spiro atoms. The predicted molar refractivity (Wildman–Crippen MR) is 123 cm³/mol. The number of aliphatic carboxylic acids is 1. The van der Waals surface area contributed by atoms with Crippen molar-refractivity contribution in [1.29, 1.82) is 0 Å². The highest BCUT2D eigenvalue weighted by Crippen LogP contribution is 2.12. The van der Waals surface area contributed by atoms with Crippen LogP contribution in [-0.2, 0) is 25.6 Å². The molecule has 10 nitrogen and oxygen atoms in total. The highest BCUT2D eigenvalue weighted by molar-refractivity contribution is 5.94. The summed E-state index contributed by atoms with van der Waals surface area (Å²) in [7, 11) is 0. The van der Waals surface area contributed by atoms with E-state index in [1.165, 1.54) is 19.1 Å². The summed E-state index contributed by atoms with van der Waals surface area (Å²) in [6.45, 7) is 8.70. The summed E-state index contributed by atoms with van der Waals surface area (Å²) in [4.78, 5) is 49.4. The molecule has 0 fully saturated rings. The van der Waals surface area contributed by atoms with Gasteiger partial charge in [0.15, 0.2) is 0 Å². The topological polar surface area (TPSA) is 171 Å². The molecule has 0 saturated heterocycles.